The van der Waals surface area contributed by atoms with Crippen LogP contribution in [0.3, 0.4) is 0 Å². The normalized spacial score (nSPS) is 12.1. The fourth-order valence-electron chi connectivity index (χ4n) is 3.17. The van der Waals surface area contributed by atoms with Crippen LogP contribution in [0.15, 0.2) is 67.5 Å². The molecular weight excluding hydrogens is 410 g/mol. The molecule has 0 spiro atoms. The Hall–Kier alpha value is -3.38. The molecule has 1 atom stereocenters. The third-order valence-electron chi connectivity index (χ3n) is 4.89. The van der Waals surface area contributed by atoms with Crippen LogP contribution in [0.4, 0.5) is 8.78 Å². The van der Waals surface area contributed by atoms with E-state index in [1.165, 1.54) is 0 Å². The second-order valence-corrected chi connectivity index (χ2v) is 7.44. The van der Waals surface area contributed by atoms with E-state index in [-0.39, 0.29) is 23.2 Å². The van der Waals surface area contributed by atoms with E-state index in [4.69, 9.17) is 4.74 Å². The van der Waals surface area contributed by atoms with Crippen LogP contribution < -0.4 is 4.74 Å². The predicted octanol–water partition coefficient (Wildman–Crippen LogP) is 6.22. The molecule has 0 amide bonds. The quantitative estimate of drug-likeness (QED) is 0.303. The van der Waals surface area contributed by atoms with E-state index in [0.29, 0.717) is 25.0 Å². The summed E-state index contributed by atoms with van der Waals surface area (Å²) in [4.78, 5) is 8.29. The molecule has 3 aromatic rings. The number of hydrogen-bond acceptors (Lipinski definition) is 4. The molecule has 1 aromatic heterocycles. The van der Waals surface area contributed by atoms with Crippen LogP contribution in [-0.4, -0.2) is 27.8 Å². The topological polar surface area (TPSA) is 55.2 Å². The highest BCUT2D eigenvalue weighted by molar-refractivity contribution is 5.71. The number of rotatable bonds is 10. The summed E-state index contributed by atoms with van der Waals surface area (Å²) in [6.07, 6.45) is 10.1. The third-order valence-corrected chi connectivity index (χ3v) is 4.89. The zero-order valence-electron chi connectivity index (χ0n) is 18.0. The lowest BCUT2D eigenvalue weighted by atomic mass is 9.99. The number of benzene rings is 2. The van der Waals surface area contributed by atoms with Gasteiger partial charge in [0.15, 0.2) is 11.6 Å². The van der Waals surface area contributed by atoms with Gasteiger partial charge in [-0.2, -0.15) is 0 Å². The number of hydrogen-bond donors (Lipinski definition) is 1. The molecule has 0 aliphatic carbocycles. The van der Waals surface area contributed by atoms with E-state index < -0.39 is 11.6 Å². The van der Waals surface area contributed by atoms with Gasteiger partial charge in [0.2, 0.25) is 0 Å². The minimum Gasteiger partial charge on any atom is -0.459 e. The lowest BCUT2D eigenvalue weighted by Gasteiger charge is -2.08. The molecule has 0 aliphatic heterocycles. The molecule has 0 bridgehead atoms. The average Bonchev–Trinajstić information content (AvgIpc) is 2.80. The molecule has 4 nitrogen and oxygen atoms in total. The Kier molecular flexibility index (Phi) is 8.22. The van der Waals surface area contributed by atoms with Crippen molar-refractivity contribution in [2.24, 2.45) is 0 Å². The number of unbranched alkanes of at least 4 members (excludes halogenated alkanes) is 1. The van der Waals surface area contributed by atoms with Gasteiger partial charge in [-0.25, -0.2) is 18.7 Å². The van der Waals surface area contributed by atoms with Crippen LogP contribution in [0.1, 0.15) is 31.7 Å². The Morgan fingerprint density at radius 3 is 2.34 bits per heavy atom. The van der Waals surface area contributed by atoms with Crippen molar-refractivity contribution in [1.82, 2.24) is 9.97 Å². The summed E-state index contributed by atoms with van der Waals surface area (Å²) >= 11 is 0. The third kappa shape index (κ3) is 6.08. The Morgan fingerprint density at radius 2 is 1.69 bits per heavy atom. The lowest BCUT2D eigenvalue weighted by molar-refractivity contribution is 0.182. The number of aliphatic hydroxyl groups excluding tert-OH is 1. The van der Waals surface area contributed by atoms with Crippen LogP contribution in [0, 0.1) is 11.6 Å². The maximum absolute atomic E-state index is 14.7. The Labute approximate surface area is 186 Å². The minimum absolute atomic E-state index is 0.199. The van der Waals surface area contributed by atoms with Crippen molar-refractivity contribution >= 4 is 6.08 Å². The van der Waals surface area contributed by atoms with Crippen LogP contribution >= 0.6 is 0 Å². The first-order valence-corrected chi connectivity index (χ1v) is 10.5. The van der Waals surface area contributed by atoms with Crippen molar-refractivity contribution in [3.05, 3.63) is 84.7 Å². The molecule has 0 radical (unpaired) electrons. The summed E-state index contributed by atoms with van der Waals surface area (Å²) in [5.74, 6) is -1.75. The van der Waals surface area contributed by atoms with Crippen molar-refractivity contribution in [3.8, 4) is 28.3 Å². The van der Waals surface area contributed by atoms with Crippen molar-refractivity contribution in [1.29, 1.82) is 0 Å². The van der Waals surface area contributed by atoms with Gasteiger partial charge in [-0.15, -0.1) is 0 Å². The smallest absolute Gasteiger partial charge is 0.316 e. The molecule has 0 fully saturated rings. The van der Waals surface area contributed by atoms with Crippen LogP contribution in [0.5, 0.6) is 6.01 Å². The van der Waals surface area contributed by atoms with Crippen LogP contribution in [-0.2, 0) is 0 Å². The van der Waals surface area contributed by atoms with Gasteiger partial charge in [0.05, 0.1) is 6.10 Å². The summed E-state index contributed by atoms with van der Waals surface area (Å²) < 4.78 is 34.5. The van der Waals surface area contributed by atoms with Crippen molar-refractivity contribution in [2.75, 3.05) is 6.61 Å². The molecule has 0 aliphatic rings. The van der Waals surface area contributed by atoms with Crippen molar-refractivity contribution < 1.29 is 18.6 Å². The Balaban J connectivity index is 1.72. The second kappa shape index (κ2) is 11.3. The fraction of sp³-hybridized carbons (Fsp3) is 0.231. The van der Waals surface area contributed by atoms with Gasteiger partial charge < -0.3 is 9.84 Å². The zero-order valence-corrected chi connectivity index (χ0v) is 18.0. The van der Waals surface area contributed by atoms with Gasteiger partial charge in [0.25, 0.3) is 0 Å². The number of aromatic nitrogens is 2. The largest absolute Gasteiger partial charge is 0.459 e. The highest BCUT2D eigenvalue weighted by Gasteiger charge is 2.13. The van der Waals surface area contributed by atoms with Gasteiger partial charge in [-0.05, 0) is 37.3 Å². The minimum atomic E-state index is -0.879. The molecular formula is C26H26F2N2O2. The van der Waals surface area contributed by atoms with Gasteiger partial charge in [-0.3, -0.25) is 0 Å². The first-order chi connectivity index (χ1) is 15.5. The molecule has 166 valence electrons. The number of nitrogens with zero attached hydrogens (tertiary/aromatic N) is 2. The summed E-state index contributed by atoms with van der Waals surface area (Å²) in [6.45, 7) is 5.63. The molecule has 2 aromatic carbocycles. The highest BCUT2D eigenvalue weighted by Crippen LogP contribution is 2.29. The molecule has 0 saturated heterocycles. The van der Waals surface area contributed by atoms with E-state index >= 15 is 0 Å². The molecule has 0 saturated carbocycles. The summed E-state index contributed by atoms with van der Waals surface area (Å²) in [6, 6.07) is 10.5. The van der Waals surface area contributed by atoms with Gasteiger partial charge in [0, 0.05) is 29.1 Å². The maximum Gasteiger partial charge on any atom is 0.316 e. The second-order valence-electron chi connectivity index (χ2n) is 7.44. The molecule has 1 unspecified atom stereocenters. The fourth-order valence-corrected chi connectivity index (χ4v) is 3.17. The molecule has 3 rings (SSSR count). The van der Waals surface area contributed by atoms with E-state index in [1.54, 1.807) is 61.8 Å². The number of halogens is 2. The summed E-state index contributed by atoms with van der Waals surface area (Å²) in [5, 5.41) is 9.26. The predicted molar refractivity (Wildman–Crippen MR) is 123 cm³/mol. The van der Waals surface area contributed by atoms with Gasteiger partial charge in [0.1, 0.15) is 6.61 Å². The molecule has 6 heteroatoms. The Bertz CT molecular complexity index is 1060. The molecule has 1 heterocycles. The monoisotopic (exact) mass is 436 g/mol. The molecule has 32 heavy (non-hydrogen) atoms. The Morgan fingerprint density at radius 1 is 1.00 bits per heavy atom. The first-order valence-electron chi connectivity index (χ1n) is 10.5. The summed E-state index contributed by atoms with van der Waals surface area (Å²) in [5.41, 5.74) is 2.61. The SMILES string of the molecule is C=CCOc1ncc(-c2ccc(-c3ccc(/C=C/CCCC(C)O)c(F)c3F)cc2)cn1. The average molecular weight is 437 g/mol. The van der Waals surface area contributed by atoms with Crippen molar-refractivity contribution in [2.45, 2.75) is 32.3 Å². The zero-order chi connectivity index (χ0) is 22.9. The van der Waals surface area contributed by atoms with E-state index in [0.717, 1.165) is 17.5 Å². The summed E-state index contributed by atoms with van der Waals surface area (Å²) in [7, 11) is 0. The lowest BCUT2D eigenvalue weighted by Crippen LogP contribution is -1.98. The molecule has 1 N–H and O–H groups in total. The maximum atomic E-state index is 14.7. The number of aliphatic hydroxyl groups is 1. The highest BCUT2D eigenvalue weighted by atomic mass is 19.2. The van der Waals surface area contributed by atoms with Gasteiger partial charge >= 0.3 is 6.01 Å². The van der Waals surface area contributed by atoms with Crippen LogP contribution in [0.2, 0.25) is 0 Å². The van der Waals surface area contributed by atoms with E-state index in [9.17, 15) is 13.9 Å². The van der Waals surface area contributed by atoms with E-state index in [2.05, 4.69) is 16.5 Å². The number of allylic oxidation sites excluding steroid dienone is 1. The standard InChI is InChI=1S/C26H26F2N2O2/c1-3-15-32-26-29-16-22(17-30-26)19-9-11-20(12-10-19)23-14-13-21(24(27)25(23)28)8-6-4-5-7-18(2)31/h3,6,8-14,16-18,31H,1,4-5,7,15H2,2H3/b8-6+. The first kappa shape index (κ1) is 23.3. The van der Waals surface area contributed by atoms with Gasteiger partial charge in [-0.1, -0.05) is 61.2 Å². The van der Waals surface area contributed by atoms with Crippen LogP contribution in [0.25, 0.3) is 28.3 Å². The van der Waals surface area contributed by atoms with E-state index in [1.807, 2.05) is 12.1 Å². The number of ether oxygens (including phenoxy) is 1. The van der Waals surface area contributed by atoms with Crippen molar-refractivity contribution in [3.63, 3.8) is 0 Å².